The molecule has 0 radical (unpaired) electrons. The second kappa shape index (κ2) is 8.45. The molecule has 1 aliphatic heterocycles. The van der Waals surface area contributed by atoms with Gasteiger partial charge in [0.05, 0.1) is 0 Å². The predicted molar refractivity (Wildman–Crippen MR) is 104 cm³/mol. The SMILES string of the molecule is CC1C(CC(=O)O)CCN1CCC=C(c1ccccc1)c1cccs1. The largest absolute Gasteiger partial charge is 0.481 e. The maximum absolute atomic E-state index is 11.0. The summed E-state index contributed by atoms with van der Waals surface area (Å²) in [7, 11) is 0. The number of nitrogens with zero attached hydrogens (tertiary/aromatic N) is 1. The highest BCUT2D eigenvalue weighted by Gasteiger charge is 2.31. The molecule has 1 aromatic carbocycles. The van der Waals surface area contributed by atoms with Crippen LogP contribution < -0.4 is 0 Å². The molecular formula is C21H25NO2S. The van der Waals surface area contributed by atoms with E-state index in [0.717, 1.165) is 25.9 Å². The zero-order valence-corrected chi connectivity index (χ0v) is 15.4. The van der Waals surface area contributed by atoms with Gasteiger partial charge in [0, 0.05) is 23.9 Å². The number of likely N-dealkylation sites (tertiary alicyclic amines) is 1. The van der Waals surface area contributed by atoms with E-state index in [1.165, 1.54) is 16.0 Å². The average molecular weight is 356 g/mol. The smallest absolute Gasteiger partial charge is 0.303 e. The Balaban J connectivity index is 1.66. The van der Waals surface area contributed by atoms with Crippen LogP contribution in [0.25, 0.3) is 5.57 Å². The molecule has 1 aliphatic rings. The lowest BCUT2D eigenvalue weighted by molar-refractivity contribution is -0.138. The fourth-order valence-electron chi connectivity index (χ4n) is 3.67. The number of benzene rings is 1. The molecule has 3 rings (SSSR count). The molecule has 1 aromatic heterocycles. The lowest BCUT2D eigenvalue weighted by atomic mass is 9.98. The first kappa shape index (κ1) is 17.9. The van der Waals surface area contributed by atoms with Crippen molar-refractivity contribution in [3.63, 3.8) is 0 Å². The van der Waals surface area contributed by atoms with Gasteiger partial charge in [-0.05, 0) is 54.8 Å². The minimum Gasteiger partial charge on any atom is -0.481 e. The maximum atomic E-state index is 11.0. The summed E-state index contributed by atoms with van der Waals surface area (Å²) in [5.74, 6) is -0.393. The molecule has 2 heterocycles. The summed E-state index contributed by atoms with van der Waals surface area (Å²) >= 11 is 1.77. The van der Waals surface area contributed by atoms with E-state index in [2.05, 4.69) is 59.7 Å². The second-order valence-corrected chi connectivity index (χ2v) is 7.62. The highest BCUT2D eigenvalue weighted by molar-refractivity contribution is 7.11. The molecule has 0 spiro atoms. The van der Waals surface area contributed by atoms with Crippen LogP contribution in [0.4, 0.5) is 0 Å². The summed E-state index contributed by atoms with van der Waals surface area (Å²) in [5.41, 5.74) is 2.55. The summed E-state index contributed by atoms with van der Waals surface area (Å²) in [4.78, 5) is 14.7. The van der Waals surface area contributed by atoms with E-state index in [1.807, 2.05) is 6.07 Å². The van der Waals surface area contributed by atoms with Gasteiger partial charge in [0.25, 0.3) is 0 Å². The topological polar surface area (TPSA) is 40.5 Å². The van der Waals surface area contributed by atoms with Crippen molar-refractivity contribution in [1.82, 2.24) is 4.90 Å². The standard InChI is InChI=1S/C21H25NO2S/c1-16-18(15-21(23)24)11-13-22(16)12-5-9-19(20-10-6-14-25-20)17-7-3-2-4-8-17/h2-4,6-10,14,16,18H,5,11-13,15H2,1H3,(H,23,24). The Labute approximate surface area is 153 Å². The van der Waals surface area contributed by atoms with Crippen LogP contribution in [0.1, 0.15) is 36.6 Å². The van der Waals surface area contributed by atoms with Gasteiger partial charge in [-0.2, -0.15) is 0 Å². The maximum Gasteiger partial charge on any atom is 0.303 e. The van der Waals surface area contributed by atoms with E-state index >= 15 is 0 Å². The molecule has 2 atom stereocenters. The molecule has 2 aromatic rings. The number of thiophene rings is 1. The number of rotatable bonds is 7. The number of aliphatic carboxylic acids is 1. The van der Waals surface area contributed by atoms with Crippen molar-refractivity contribution >= 4 is 22.9 Å². The van der Waals surface area contributed by atoms with Gasteiger partial charge in [-0.25, -0.2) is 0 Å². The van der Waals surface area contributed by atoms with Gasteiger partial charge in [0.2, 0.25) is 0 Å². The van der Waals surface area contributed by atoms with E-state index in [9.17, 15) is 4.79 Å². The fraction of sp³-hybridized carbons (Fsp3) is 0.381. The zero-order valence-electron chi connectivity index (χ0n) is 14.6. The number of carboxylic acids is 1. The molecule has 1 saturated heterocycles. The van der Waals surface area contributed by atoms with Crippen molar-refractivity contribution in [3.8, 4) is 0 Å². The summed E-state index contributed by atoms with van der Waals surface area (Å²) in [6, 6.07) is 15.1. The van der Waals surface area contributed by atoms with Crippen molar-refractivity contribution in [3.05, 3.63) is 64.4 Å². The van der Waals surface area contributed by atoms with Crippen LogP contribution >= 0.6 is 11.3 Å². The second-order valence-electron chi connectivity index (χ2n) is 6.67. The van der Waals surface area contributed by atoms with Gasteiger partial charge in [0.1, 0.15) is 0 Å². The van der Waals surface area contributed by atoms with Crippen LogP contribution in [-0.4, -0.2) is 35.1 Å². The van der Waals surface area contributed by atoms with E-state index in [-0.39, 0.29) is 12.3 Å². The van der Waals surface area contributed by atoms with Crippen molar-refractivity contribution in [1.29, 1.82) is 0 Å². The molecule has 0 amide bonds. The number of carboxylic acid groups (broad SMARTS) is 1. The lowest BCUT2D eigenvalue weighted by Crippen LogP contribution is -2.31. The van der Waals surface area contributed by atoms with Crippen molar-refractivity contribution in [2.45, 2.75) is 32.2 Å². The fourth-order valence-corrected chi connectivity index (χ4v) is 4.46. The predicted octanol–water partition coefficient (Wildman–Crippen LogP) is 4.76. The molecule has 1 fully saturated rings. The van der Waals surface area contributed by atoms with Crippen LogP contribution in [0.5, 0.6) is 0 Å². The monoisotopic (exact) mass is 355 g/mol. The Bertz CT molecular complexity index is 709. The van der Waals surface area contributed by atoms with Crippen LogP contribution in [0.15, 0.2) is 53.9 Å². The average Bonchev–Trinajstić information content (AvgIpc) is 3.24. The van der Waals surface area contributed by atoms with Gasteiger partial charge in [-0.1, -0.05) is 42.5 Å². The van der Waals surface area contributed by atoms with Gasteiger partial charge in [-0.15, -0.1) is 11.3 Å². The number of hydrogen-bond donors (Lipinski definition) is 1. The first-order valence-electron chi connectivity index (χ1n) is 8.90. The van der Waals surface area contributed by atoms with E-state index < -0.39 is 5.97 Å². The third-order valence-electron chi connectivity index (χ3n) is 5.12. The minimum absolute atomic E-state index is 0.285. The van der Waals surface area contributed by atoms with Crippen molar-refractivity contribution < 1.29 is 9.90 Å². The molecule has 2 unspecified atom stereocenters. The summed E-state index contributed by atoms with van der Waals surface area (Å²) in [6.45, 7) is 4.16. The van der Waals surface area contributed by atoms with Gasteiger partial charge in [0.15, 0.2) is 0 Å². The summed E-state index contributed by atoms with van der Waals surface area (Å²) in [6.07, 6.45) is 4.59. The van der Waals surface area contributed by atoms with E-state index in [0.29, 0.717) is 6.04 Å². The molecule has 1 N–H and O–H groups in total. The van der Waals surface area contributed by atoms with Gasteiger partial charge >= 0.3 is 5.97 Å². The first-order valence-corrected chi connectivity index (χ1v) is 9.78. The minimum atomic E-state index is -0.678. The molecule has 0 saturated carbocycles. The molecule has 0 bridgehead atoms. The number of hydrogen-bond acceptors (Lipinski definition) is 3. The van der Waals surface area contributed by atoms with Crippen molar-refractivity contribution in [2.75, 3.05) is 13.1 Å². The van der Waals surface area contributed by atoms with Crippen molar-refractivity contribution in [2.24, 2.45) is 5.92 Å². The Kier molecular flexibility index (Phi) is 6.05. The Morgan fingerprint density at radius 3 is 2.76 bits per heavy atom. The zero-order chi connectivity index (χ0) is 17.6. The summed E-state index contributed by atoms with van der Waals surface area (Å²) in [5, 5.41) is 11.1. The third-order valence-corrected chi connectivity index (χ3v) is 6.02. The van der Waals surface area contributed by atoms with E-state index in [1.54, 1.807) is 11.3 Å². The van der Waals surface area contributed by atoms with Crippen LogP contribution in [0.2, 0.25) is 0 Å². The molecule has 0 aliphatic carbocycles. The van der Waals surface area contributed by atoms with E-state index in [4.69, 9.17) is 5.11 Å². The van der Waals surface area contributed by atoms with Crippen LogP contribution in [-0.2, 0) is 4.79 Å². The first-order chi connectivity index (χ1) is 12.1. The Morgan fingerprint density at radius 2 is 2.08 bits per heavy atom. The van der Waals surface area contributed by atoms with Gasteiger partial charge < -0.3 is 10.0 Å². The molecule has 4 heteroatoms. The molecule has 25 heavy (non-hydrogen) atoms. The highest BCUT2D eigenvalue weighted by atomic mass is 32.1. The van der Waals surface area contributed by atoms with Crippen LogP contribution in [0, 0.1) is 5.92 Å². The normalized spacial score (nSPS) is 21.6. The lowest BCUT2D eigenvalue weighted by Gasteiger charge is -2.23. The van der Waals surface area contributed by atoms with Gasteiger partial charge in [-0.3, -0.25) is 4.79 Å². The summed E-state index contributed by atoms with van der Waals surface area (Å²) < 4.78 is 0. The molecular weight excluding hydrogens is 330 g/mol. The molecule has 3 nitrogen and oxygen atoms in total. The third kappa shape index (κ3) is 4.59. The molecule has 132 valence electrons. The Morgan fingerprint density at radius 1 is 1.28 bits per heavy atom. The number of carbonyl (C=O) groups is 1. The highest BCUT2D eigenvalue weighted by Crippen LogP contribution is 2.29. The quantitative estimate of drug-likeness (QED) is 0.779. The Hall–Kier alpha value is -1.91. The van der Waals surface area contributed by atoms with Crippen LogP contribution in [0.3, 0.4) is 0 Å².